The number of nitrogens with zero attached hydrogens (tertiary/aromatic N) is 2. The van der Waals surface area contributed by atoms with Gasteiger partial charge in [0.05, 0.1) is 22.3 Å². The number of fused-ring (bicyclic) bond motifs is 4. The fourth-order valence-electron chi connectivity index (χ4n) is 9.13. The van der Waals surface area contributed by atoms with Gasteiger partial charge in [0.25, 0.3) is 0 Å². The molecule has 56 heavy (non-hydrogen) atoms. The van der Waals surface area contributed by atoms with E-state index < -0.39 is 5.89 Å². The van der Waals surface area contributed by atoms with Crippen LogP contribution < -0.4 is 0 Å². The van der Waals surface area contributed by atoms with Gasteiger partial charge in [-0.05, 0) is 149 Å². The molecule has 1 saturated carbocycles. The lowest BCUT2D eigenvalue weighted by Gasteiger charge is -2.34. The molecule has 1 aliphatic carbocycles. The van der Waals surface area contributed by atoms with Gasteiger partial charge in [-0.1, -0.05) is 120 Å². The molecule has 0 saturated heterocycles. The number of aryl methyl sites for hydroxylation is 2. The van der Waals surface area contributed by atoms with Crippen LogP contribution in [0.25, 0.3) is 72.3 Å². The predicted molar refractivity (Wildman–Crippen MR) is 237 cm³/mol. The van der Waals surface area contributed by atoms with E-state index >= 15 is 0 Å². The summed E-state index contributed by atoms with van der Waals surface area (Å²) in [5.41, 5.74) is 17.2. The van der Waals surface area contributed by atoms with Crippen LogP contribution >= 0.6 is 0 Å². The van der Waals surface area contributed by atoms with Gasteiger partial charge < -0.3 is 4.42 Å². The third kappa shape index (κ3) is 6.26. The van der Waals surface area contributed by atoms with Gasteiger partial charge in [-0.2, -0.15) is 0 Å². The fourth-order valence-corrected chi connectivity index (χ4v) is 9.13. The van der Waals surface area contributed by atoms with E-state index in [0.29, 0.717) is 5.41 Å². The molecule has 3 heteroatoms. The van der Waals surface area contributed by atoms with Crippen molar-refractivity contribution < 1.29 is 5.79 Å². The van der Waals surface area contributed by atoms with Crippen molar-refractivity contribution in [1.29, 1.82) is 0 Å². The average molecular weight is 736 g/mol. The number of aromatic nitrogens is 2. The summed E-state index contributed by atoms with van der Waals surface area (Å²) < 4.78 is 18.8. The fraction of sp³-hybridized carbons (Fsp3) is 0.302. The van der Waals surface area contributed by atoms with Crippen molar-refractivity contribution in [1.82, 2.24) is 9.55 Å². The van der Waals surface area contributed by atoms with E-state index in [4.69, 9.17) is 9.40 Å². The first-order valence-corrected chi connectivity index (χ1v) is 20.6. The molecule has 0 atom stereocenters. The number of benzene rings is 6. The summed E-state index contributed by atoms with van der Waals surface area (Å²) in [6.45, 7) is 18.3. The SMILES string of the molecule is [2H]C1(c2ccc(-c3cc(C(C)C)c(-n4c(-c5ccc(C)c6c5oc5cc(-c7ccccc7)ccc56)nc5cccc(C)c54)c(C(C)C)c3)cc2)CCC(C)(C)CC1. The molecular formula is C53H54N2O. The van der Waals surface area contributed by atoms with E-state index in [9.17, 15) is 1.37 Å². The Labute approximate surface area is 333 Å². The molecule has 0 aliphatic heterocycles. The Hall–Kier alpha value is -5.41. The molecule has 0 amide bonds. The molecule has 9 rings (SSSR count). The Morgan fingerprint density at radius 2 is 1.36 bits per heavy atom. The zero-order valence-electron chi connectivity index (χ0n) is 35.3. The van der Waals surface area contributed by atoms with Crippen molar-refractivity contribution in [3.8, 4) is 39.3 Å². The number of hydrogen-bond donors (Lipinski definition) is 0. The number of para-hydroxylation sites is 1. The maximum atomic E-state index is 9.40. The van der Waals surface area contributed by atoms with Crippen LogP contribution in [0.3, 0.4) is 0 Å². The average Bonchev–Trinajstić information content (AvgIpc) is 3.79. The molecule has 0 N–H and O–H groups in total. The van der Waals surface area contributed by atoms with Gasteiger partial charge >= 0.3 is 0 Å². The number of imidazole rings is 1. The first kappa shape index (κ1) is 35.0. The summed E-state index contributed by atoms with van der Waals surface area (Å²) in [6.07, 6.45) is 4.03. The highest BCUT2D eigenvalue weighted by molar-refractivity contribution is 6.12. The topological polar surface area (TPSA) is 31.0 Å². The Morgan fingerprint density at radius 1 is 0.696 bits per heavy atom. The minimum atomic E-state index is -0.508. The molecular weight excluding hydrogens is 681 g/mol. The molecule has 3 nitrogen and oxygen atoms in total. The number of furan rings is 1. The van der Waals surface area contributed by atoms with Crippen molar-refractivity contribution >= 4 is 33.0 Å². The van der Waals surface area contributed by atoms with E-state index in [1.165, 1.54) is 44.6 Å². The monoisotopic (exact) mass is 735 g/mol. The van der Waals surface area contributed by atoms with Crippen LogP contribution in [-0.4, -0.2) is 9.55 Å². The third-order valence-electron chi connectivity index (χ3n) is 12.5. The summed E-state index contributed by atoms with van der Waals surface area (Å²) in [7, 11) is 0. The van der Waals surface area contributed by atoms with Gasteiger partial charge in [-0.15, -0.1) is 0 Å². The Balaban J connectivity index is 1.24. The Bertz CT molecular complexity index is 2760. The Kier molecular flexibility index (Phi) is 8.73. The molecule has 2 aromatic heterocycles. The van der Waals surface area contributed by atoms with E-state index in [2.05, 4.69) is 175 Å². The lowest BCUT2D eigenvalue weighted by molar-refractivity contribution is 0.224. The maximum Gasteiger partial charge on any atom is 0.149 e. The number of hydrogen-bond acceptors (Lipinski definition) is 2. The third-order valence-corrected chi connectivity index (χ3v) is 12.5. The second kappa shape index (κ2) is 14.0. The molecule has 1 aliphatic rings. The predicted octanol–water partition coefficient (Wildman–Crippen LogP) is 15.5. The lowest BCUT2D eigenvalue weighted by atomic mass is 9.71. The highest BCUT2D eigenvalue weighted by Crippen LogP contribution is 2.46. The molecule has 1 fully saturated rings. The maximum absolute atomic E-state index is 9.40. The zero-order valence-corrected chi connectivity index (χ0v) is 34.3. The lowest BCUT2D eigenvalue weighted by Crippen LogP contribution is -2.20. The minimum absolute atomic E-state index is 0.244. The first-order valence-electron chi connectivity index (χ1n) is 21.1. The normalized spacial score (nSPS) is 15.7. The van der Waals surface area contributed by atoms with Crippen LogP contribution in [0.2, 0.25) is 0 Å². The van der Waals surface area contributed by atoms with Crippen molar-refractivity contribution in [2.75, 3.05) is 0 Å². The minimum Gasteiger partial charge on any atom is -0.455 e. The molecule has 0 spiro atoms. The molecule has 2 heterocycles. The standard InChI is InChI=1S/C53H54N2O/c1-32(2)44-29-41(38-20-18-37(19-21-38)39-25-27-53(7,8)28-26-39)30-45(33(3)4)50(44)55-49-35(6)13-12-16-46(49)54-52(55)43-23-17-34(5)48-42-24-22-40(31-47(42)56-51(43)48)36-14-10-9-11-15-36/h9-24,29-33,39H,25-28H2,1-8H3/i39D. The molecule has 6 aromatic carbocycles. The van der Waals surface area contributed by atoms with E-state index in [1.807, 2.05) is 0 Å². The quantitative estimate of drug-likeness (QED) is 0.163. The van der Waals surface area contributed by atoms with Crippen LogP contribution in [0.5, 0.6) is 0 Å². The van der Waals surface area contributed by atoms with Crippen molar-refractivity contribution in [2.24, 2.45) is 5.41 Å². The molecule has 0 bridgehead atoms. The summed E-state index contributed by atoms with van der Waals surface area (Å²) in [6, 6.07) is 41.8. The summed E-state index contributed by atoms with van der Waals surface area (Å²) in [5, 5.41) is 2.25. The smallest absolute Gasteiger partial charge is 0.149 e. The summed E-state index contributed by atoms with van der Waals surface area (Å²) >= 11 is 0. The molecule has 282 valence electrons. The second-order valence-electron chi connectivity index (χ2n) is 17.7. The van der Waals surface area contributed by atoms with Crippen molar-refractivity contribution in [3.05, 3.63) is 143 Å². The van der Waals surface area contributed by atoms with Crippen molar-refractivity contribution in [2.45, 2.75) is 98.8 Å². The van der Waals surface area contributed by atoms with Gasteiger partial charge in [-0.25, -0.2) is 4.98 Å². The van der Waals surface area contributed by atoms with Gasteiger partial charge in [0.1, 0.15) is 17.0 Å². The second-order valence-corrected chi connectivity index (χ2v) is 17.7. The zero-order chi connectivity index (χ0) is 39.8. The molecule has 8 aromatic rings. The van der Waals surface area contributed by atoms with Crippen molar-refractivity contribution in [3.63, 3.8) is 0 Å². The van der Waals surface area contributed by atoms with Crippen LogP contribution in [0.15, 0.2) is 120 Å². The van der Waals surface area contributed by atoms with Gasteiger partial charge in [0, 0.05) is 12.1 Å². The van der Waals surface area contributed by atoms with Crippen LogP contribution in [0.4, 0.5) is 0 Å². The summed E-state index contributed by atoms with van der Waals surface area (Å²) in [4.78, 5) is 5.47. The van der Waals surface area contributed by atoms with E-state index in [0.717, 1.165) is 81.2 Å². The largest absolute Gasteiger partial charge is 0.455 e. The van der Waals surface area contributed by atoms with Gasteiger partial charge in [0.15, 0.2) is 0 Å². The highest BCUT2D eigenvalue weighted by atomic mass is 16.3. The van der Waals surface area contributed by atoms with E-state index in [-0.39, 0.29) is 11.8 Å². The van der Waals surface area contributed by atoms with Gasteiger partial charge in [-0.3, -0.25) is 4.57 Å². The number of rotatable bonds is 7. The summed E-state index contributed by atoms with van der Waals surface area (Å²) in [5.74, 6) is 0.873. The Morgan fingerprint density at radius 3 is 2.04 bits per heavy atom. The first-order chi connectivity index (χ1) is 27.3. The molecule has 0 unspecified atom stereocenters. The highest BCUT2D eigenvalue weighted by Gasteiger charge is 2.29. The molecule has 0 radical (unpaired) electrons. The van der Waals surface area contributed by atoms with Crippen LogP contribution in [-0.2, 0) is 0 Å². The van der Waals surface area contributed by atoms with Gasteiger partial charge in [0.2, 0.25) is 0 Å². The van der Waals surface area contributed by atoms with Crippen LogP contribution in [0, 0.1) is 19.3 Å². The van der Waals surface area contributed by atoms with Crippen LogP contribution in [0.1, 0.15) is 114 Å². The van der Waals surface area contributed by atoms with E-state index in [1.54, 1.807) is 0 Å².